The Labute approximate surface area is 90.9 Å². The van der Waals surface area contributed by atoms with Crippen molar-refractivity contribution >= 4 is 11.6 Å². The number of aryl methyl sites for hydroxylation is 1. The number of nitrogens with zero attached hydrogens (tertiary/aromatic N) is 1. The fraction of sp³-hybridized carbons (Fsp3) is 0.462. The van der Waals surface area contributed by atoms with Crippen molar-refractivity contribution in [3.8, 4) is 0 Å². The molecule has 1 aromatic rings. The number of anilines is 1. The van der Waals surface area contributed by atoms with Crippen molar-refractivity contribution in [2.75, 3.05) is 11.4 Å². The lowest BCUT2D eigenvalue weighted by Gasteiger charge is -2.29. The fourth-order valence-corrected chi connectivity index (χ4v) is 2.14. The third-order valence-electron chi connectivity index (χ3n) is 2.88. The summed E-state index contributed by atoms with van der Waals surface area (Å²) in [6, 6.07) is 8.24. The highest BCUT2D eigenvalue weighted by molar-refractivity contribution is 5.94. The van der Waals surface area contributed by atoms with Gasteiger partial charge in [-0.25, -0.2) is 0 Å². The Morgan fingerprint density at radius 2 is 2.20 bits per heavy atom. The molecule has 15 heavy (non-hydrogen) atoms. The molecule has 2 heteroatoms. The lowest BCUT2D eigenvalue weighted by Crippen LogP contribution is -2.35. The largest absolute Gasteiger partial charge is 0.312 e. The molecule has 0 fully saturated rings. The molecule has 1 amide bonds. The summed E-state index contributed by atoms with van der Waals surface area (Å²) in [5.41, 5.74) is 2.44. The summed E-state index contributed by atoms with van der Waals surface area (Å²) in [6.45, 7) is 2.93. The van der Waals surface area contributed by atoms with Gasteiger partial charge in [0.15, 0.2) is 0 Å². The summed E-state index contributed by atoms with van der Waals surface area (Å²) >= 11 is 0. The number of hydrogen-bond donors (Lipinski definition) is 0. The van der Waals surface area contributed by atoms with Crippen molar-refractivity contribution in [3.63, 3.8) is 0 Å². The molecule has 0 bridgehead atoms. The van der Waals surface area contributed by atoms with E-state index in [9.17, 15) is 4.79 Å². The number of rotatable bonds is 2. The van der Waals surface area contributed by atoms with Gasteiger partial charge in [0.25, 0.3) is 0 Å². The molecule has 0 atom stereocenters. The first-order valence-electron chi connectivity index (χ1n) is 5.71. The molecule has 0 unspecified atom stereocenters. The van der Waals surface area contributed by atoms with Gasteiger partial charge in [0.1, 0.15) is 0 Å². The highest BCUT2D eigenvalue weighted by Gasteiger charge is 2.20. The summed E-state index contributed by atoms with van der Waals surface area (Å²) in [5, 5.41) is 0. The lowest BCUT2D eigenvalue weighted by atomic mass is 10.0. The van der Waals surface area contributed by atoms with Crippen molar-refractivity contribution in [2.24, 2.45) is 0 Å². The van der Waals surface area contributed by atoms with E-state index in [1.165, 1.54) is 5.56 Å². The molecular formula is C13H17NO. The maximum atomic E-state index is 11.9. The molecule has 80 valence electrons. The fourth-order valence-electron chi connectivity index (χ4n) is 2.14. The summed E-state index contributed by atoms with van der Waals surface area (Å²) < 4.78 is 0. The second-order valence-corrected chi connectivity index (χ2v) is 4.03. The van der Waals surface area contributed by atoms with Gasteiger partial charge in [-0.15, -0.1) is 0 Å². The first kappa shape index (κ1) is 10.2. The van der Waals surface area contributed by atoms with Crippen LogP contribution in [0, 0.1) is 0 Å². The van der Waals surface area contributed by atoms with Crippen molar-refractivity contribution in [1.82, 2.24) is 0 Å². The molecule has 0 aliphatic carbocycles. The summed E-state index contributed by atoms with van der Waals surface area (Å²) in [4.78, 5) is 13.8. The molecule has 0 aromatic heterocycles. The van der Waals surface area contributed by atoms with Gasteiger partial charge < -0.3 is 4.90 Å². The number of carbonyl (C=O) groups excluding carboxylic acids is 1. The number of benzene rings is 1. The molecule has 0 saturated heterocycles. The van der Waals surface area contributed by atoms with Gasteiger partial charge >= 0.3 is 0 Å². The van der Waals surface area contributed by atoms with E-state index in [-0.39, 0.29) is 5.91 Å². The zero-order chi connectivity index (χ0) is 10.7. The van der Waals surface area contributed by atoms with Crippen LogP contribution in [-0.4, -0.2) is 12.5 Å². The average molecular weight is 203 g/mol. The predicted octanol–water partition coefficient (Wildman–Crippen LogP) is 2.77. The molecule has 1 heterocycles. The maximum absolute atomic E-state index is 11.9. The number of hydrogen-bond acceptors (Lipinski definition) is 1. The first-order chi connectivity index (χ1) is 7.33. The van der Waals surface area contributed by atoms with E-state index in [0.29, 0.717) is 6.42 Å². The summed E-state index contributed by atoms with van der Waals surface area (Å²) in [5.74, 6) is 0.268. The zero-order valence-corrected chi connectivity index (χ0v) is 9.20. The molecule has 2 rings (SSSR count). The first-order valence-corrected chi connectivity index (χ1v) is 5.71. The van der Waals surface area contributed by atoms with Crippen LogP contribution in [0.4, 0.5) is 5.69 Å². The highest BCUT2D eigenvalue weighted by atomic mass is 16.2. The molecular weight excluding hydrogens is 186 g/mol. The van der Waals surface area contributed by atoms with Crippen LogP contribution in [0.25, 0.3) is 0 Å². The number of para-hydroxylation sites is 1. The minimum atomic E-state index is 0.268. The van der Waals surface area contributed by atoms with Gasteiger partial charge in [0.2, 0.25) is 5.91 Å². The monoisotopic (exact) mass is 203 g/mol. The number of fused-ring (bicyclic) bond motifs is 1. The number of amides is 1. The summed E-state index contributed by atoms with van der Waals surface area (Å²) in [7, 11) is 0. The molecule has 0 N–H and O–H groups in total. The quantitative estimate of drug-likeness (QED) is 0.723. The van der Waals surface area contributed by atoms with Gasteiger partial charge in [-0.2, -0.15) is 0 Å². The average Bonchev–Trinajstić information content (AvgIpc) is 2.28. The van der Waals surface area contributed by atoms with Crippen LogP contribution in [0.1, 0.15) is 31.7 Å². The molecule has 0 spiro atoms. The Hall–Kier alpha value is -1.31. The smallest absolute Gasteiger partial charge is 0.226 e. The van der Waals surface area contributed by atoms with Gasteiger partial charge in [0.05, 0.1) is 0 Å². The molecule has 0 radical (unpaired) electrons. The van der Waals surface area contributed by atoms with Gasteiger partial charge in [-0.3, -0.25) is 4.79 Å². The van der Waals surface area contributed by atoms with E-state index in [1.54, 1.807) is 0 Å². The van der Waals surface area contributed by atoms with Crippen LogP contribution >= 0.6 is 0 Å². The van der Waals surface area contributed by atoms with Crippen LogP contribution in [0.15, 0.2) is 24.3 Å². The van der Waals surface area contributed by atoms with Crippen LogP contribution in [0.5, 0.6) is 0 Å². The Balaban J connectivity index is 2.25. The van der Waals surface area contributed by atoms with Crippen molar-refractivity contribution in [1.29, 1.82) is 0 Å². The van der Waals surface area contributed by atoms with Gasteiger partial charge in [-0.1, -0.05) is 25.1 Å². The van der Waals surface area contributed by atoms with E-state index in [2.05, 4.69) is 12.1 Å². The topological polar surface area (TPSA) is 20.3 Å². The number of carbonyl (C=O) groups is 1. The van der Waals surface area contributed by atoms with Crippen molar-refractivity contribution in [3.05, 3.63) is 29.8 Å². The zero-order valence-electron chi connectivity index (χ0n) is 9.20. The standard InChI is InChI=1S/C13H17NO/c1-2-6-13(15)14-10-5-8-11-7-3-4-9-12(11)14/h3-4,7,9H,2,5-6,8,10H2,1H3. The van der Waals surface area contributed by atoms with Crippen molar-refractivity contribution in [2.45, 2.75) is 32.6 Å². The SMILES string of the molecule is CCCC(=O)N1CCCc2ccccc21. The maximum Gasteiger partial charge on any atom is 0.226 e. The molecule has 1 aliphatic heterocycles. The molecule has 1 aliphatic rings. The normalized spacial score (nSPS) is 14.9. The Morgan fingerprint density at radius 1 is 1.40 bits per heavy atom. The molecule has 2 nitrogen and oxygen atoms in total. The highest BCUT2D eigenvalue weighted by Crippen LogP contribution is 2.27. The Morgan fingerprint density at radius 3 is 3.00 bits per heavy atom. The van der Waals surface area contributed by atoms with Crippen LogP contribution in [-0.2, 0) is 11.2 Å². The summed E-state index contributed by atoms with van der Waals surface area (Å²) in [6.07, 6.45) is 3.78. The van der Waals surface area contributed by atoms with Crippen LogP contribution in [0.2, 0.25) is 0 Å². The van der Waals surface area contributed by atoms with Crippen molar-refractivity contribution < 1.29 is 4.79 Å². The van der Waals surface area contributed by atoms with E-state index in [1.807, 2.05) is 24.0 Å². The molecule has 1 aromatic carbocycles. The third kappa shape index (κ3) is 2.04. The van der Waals surface area contributed by atoms with E-state index < -0.39 is 0 Å². The van der Waals surface area contributed by atoms with Crippen LogP contribution in [0.3, 0.4) is 0 Å². The predicted molar refractivity (Wildman–Crippen MR) is 62.0 cm³/mol. The Bertz CT molecular complexity index is 359. The minimum Gasteiger partial charge on any atom is -0.312 e. The van der Waals surface area contributed by atoms with E-state index in [0.717, 1.165) is 31.5 Å². The van der Waals surface area contributed by atoms with Crippen LogP contribution < -0.4 is 4.90 Å². The minimum absolute atomic E-state index is 0.268. The second kappa shape index (κ2) is 4.47. The third-order valence-corrected chi connectivity index (χ3v) is 2.88. The van der Waals surface area contributed by atoms with E-state index in [4.69, 9.17) is 0 Å². The van der Waals surface area contributed by atoms with Gasteiger partial charge in [0, 0.05) is 18.7 Å². The van der Waals surface area contributed by atoms with E-state index >= 15 is 0 Å². The molecule has 0 saturated carbocycles. The lowest BCUT2D eigenvalue weighted by molar-refractivity contribution is -0.118. The second-order valence-electron chi connectivity index (χ2n) is 4.03. The van der Waals surface area contributed by atoms with Gasteiger partial charge in [-0.05, 0) is 30.9 Å². The Kier molecular flexibility index (Phi) is 3.05.